The smallest absolute Gasteiger partial charge is 0.373 e. The van der Waals surface area contributed by atoms with Gasteiger partial charge in [0.05, 0.1) is 52.9 Å². The van der Waals surface area contributed by atoms with E-state index < -0.39 is 0 Å². The monoisotopic (exact) mass is 541 g/mol. The molecule has 0 saturated carbocycles. The number of hydrogen-bond acceptors (Lipinski definition) is 4. The van der Waals surface area contributed by atoms with Gasteiger partial charge in [-0.25, -0.2) is 0 Å². The molecular formula is C32H42N2NaO4+3. The van der Waals surface area contributed by atoms with Crippen LogP contribution in [0.4, 0.5) is 0 Å². The second-order valence-electron chi connectivity index (χ2n) is 10.2. The quantitative estimate of drug-likeness (QED) is 0.355. The largest absolute Gasteiger partial charge is 1.00 e. The van der Waals surface area contributed by atoms with Crippen molar-refractivity contribution in [2.45, 2.75) is 13.1 Å². The molecule has 7 heterocycles. The van der Waals surface area contributed by atoms with Crippen molar-refractivity contribution in [1.82, 2.24) is 0 Å². The third-order valence-electron chi connectivity index (χ3n) is 7.51. The van der Waals surface area contributed by atoms with E-state index in [9.17, 15) is 0 Å². The van der Waals surface area contributed by atoms with Gasteiger partial charge in [0.1, 0.15) is 39.3 Å². The van der Waals surface area contributed by atoms with Crippen LogP contribution >= 0.6 is 0 Å². The first-order valence-electron chi connectivity index (χ1n) is 14.1. The van der Waals surface area contributed by atoms with Gasteiger partial charge >= 0.3 is 29.6 Å². The first kappa shape index (κ1) is 30.4. The maximum Gasteiger partial charge on any atom is 1.00 e. The molecule has 0 amide bonds. The topological polar surface area (TPSA) is 45.8 Å². The van der Waals surface area contributed by atoms with Gasteiger partial charge in [-0.15, -0.1) is 0 Å². The van der Waals surface area contributed by atoms with Crippen molar-refractivity contribution in [2.24, 2.45) is 0 Å². The second-order valence-corrected chi connectivity index (χ2v) is 10.2. The summed E-state index contributed by atoms with van der Waals surface area (Å²) in [6, 6.07) is 26.9. The molecule has 39 heavy (non-hydrogen) atoms. The Hall–Kier alpha value is -1.58. The van der Waals surface area contributed by atoms with Gasteiger partial charge in [-0.1, -0.05) is 72.8 Å². The summed E-state index contributed by atoms with van der Waals surface area (Å²) in [7, 11) is 0. The molecule has 1 fully saturated rings. The molecule has 3 aromatic rings. The predicted molar refractivity (Wildman–Crippen MR) is 149 cm³/mol. The molecule has 7 aliphatic heterocycles. The summed E-state index contributed by atoms with van der Waals surface area (Å²) < 4.78 is 23.8. The molecule has 0 unspecified atom stereocenters. The van der Waals surface area contributed by atoms with Crippen LogP contribution in [0, 0.1) is 0 Å². The van der Waals surface area contributed by atoms with E-state index in [1.165, 1.54) is 43.2 Å². The molecular weight excluding hydrogens is 499 g/mol. The number of hydrogen-bond donors (Lipinski definition) is 2. The second kappa shape index (κ2) is 16.6. The molecule has 10 rings (SSSR count). The zero-order valence-electron chi connectivity index (χ0n) is 23.5. The minimum Gasteiger partial charge on any atom is -0.373 e. The van der Waals surface area contributed by atoms with Gasteiger partial charge in [-0.2, -0.15) is 0 Å². The molecule has 0 aliphatic carbocycles. The average molecular weight is 542 g/mol. The van der Waals surface area contributed by atoms with E-state index in [-0.39, 0.29) is 29.6 Å². The van der Waals surface area contributed by atoms with Crippen molar-refractivity contribution in [3.63, 3.8) is 0 Å². The van der Waals surface area contributed by atoms with Gasteiger partial charge < -0.3 is 28.7 Å². The summed E-state index contributed by atoms with van der Waals surface area (Å²) >= 11 is 0. The summed E-state index contributed by atoms with van der Waals surface area (Å²) in [5, 5.41) is 0. The average Bonchev–Trinajstić information content (AvgIpc) is 2.95. The van der Waals surface area contributed by atoms with Crippen LogP contribution < -0.4 is 39.4 Å². The molecule has 7 aliphatic rings. The fraction of sp³-hybridized carbons (Fsp3) is 0.438. The van der Waals surface area contributed by atoms with E-state index in [1.54, 1.807) is 0 Å². The Kier molecular flexibility index (Phi) is 13.0. The summed E-state index contributed by atoms with van der Waals surface area (Å²) in [4.78, 5) is 2.92. The Morgan fingerprint density at radius 3 is 1.08 bits per heavy atom. The first-order valence-corrected chi connectivity index (χ1v) is 14.1. The molecule has 3 aromatic carbocycles. The van der Waals surface area contributed by atoms with E-state index in [0.717, 1.165) is 65.7 Å². The molecule has 6 nitrogen and oxygen atoms in total. The van der Waals surface area contributed by atoms with E-state index in [0.29, 0.717) is 26.4 Å². The van der Waals surface area contributed by atoms with Gasteiger partial charge in [0.25, 0.3) is 0 Å². The fourth-order valence-electron chi connectivity index (χ4n) is 5.28. The standard InChI is InChI=1S/C32H40N2O4.Na/c1-2-4-32-30-11-7-28(8-12-30)26-34-15-19-37-23-21-35-17-13-33(14-18-36-22-24-38-20-16-34)25-27-5-9-29(10-6-27)31(32)3-1;/h1-12H,13-26H2;/q;+1/p+2. The molecule has 6 bridgehead atoms. The van der Waals surface area contributed by atoms with Crippen LogP contribution in [0.1, 0.15) is 11.1 Å². The Morgan fingerprint density at radius 1 is 0.410 bits per heavy atom. The number of nitrogens with one attached hydrogen (secondary N) is 2. The maximum atomic E-state index is 5.94. The summed E-state index contributed by atoms with van der Waals surface area (Å²) in [6.07, 6.45) is 0. The minimum atomic E-state index is 0. The van der Waals surface area contributed by atoms with Crippen molar-refractivity contribution in [3.05, 3.63) is 83.9 Å². The summed E-state index contributed by atoms with van der Waals surface area (Å²) in [6.45, 7) is 11.1. The van der Waals surface area contributed by atoms with Crippen molar-refractivity contribution in [1.29, 1.82) is 0 Å². The maximum absolute atomic E-state index is 5.94. The van der Waals surface area contributed by atoms with Crippen LogP contribution in [0.3, 0.4) is 0 Å². The molecule has 1 saturated heterocycles. The minimum absolute atomic E-state index is 0. The summed E-state index contributed by atoms with van der Waals surface area (Å²) in [5.41, 5.74) is 7.69. The van der Waals surface area contributed by atoms with Gasteiger partial charge in [0.2, 0.25) is 0 Å². The SMILES string of the molecule is [Na+].c1ccc2c(c1)-c1ccc(cc1)C[NH+]1CCOCCOCC[NH+](CCOCCOCC1)Cc1ccc-2cc1. The zero-order chi connectivity index (χ0) is 25.8. The van der Waals surface area contributed by atoms with Crippen LogP contribution in [-0.4, -0.2) is 79.0 Å². The van der Waals surface area contributed by atoms with Crippen molar-refractivity contribution in [2.75, 3.05) is 79.0 Å². The number of ether oxygens (including phenoxy) is 4. The van der Waals surface area contributed by atoms with E-state index in [1.807, 2.05) is 0 Å². The third kappa shape index (κ3) is 9.49. The van der Waals surface area contributed by atoms with Crippen molar-refractivity contribution in [3.8, 4) is 22.3 Å². The van der Waals surface area contributed by atoms with E-state index in [2.05, 4.69) is 72.8 Å². The zero-order valence-corrected chi connectivity index (χ0v) is 25.5. The molecule has 0 radical (unpaired) electrons. The van der Waals surface area contributed by atoms with Crippen molar-refractivity contribution < 1.29 is 58.3 Å². The Morgan fingerprint density at radius 2 is 0.744 bits per heavy atom. The number of rotatable bonds is 0. The Balaban J connectivity index is 0.00000353. The van der Waals surface area contributed by atoms with Crippen LogP contribution in [0.5, 0.6) is 0 Å². The van der Waals surface area contributed by atoms with Gasteiger partial charge in [-0.3, -0.25) is 0 Å². The van der Waals surface area contributed by atoms with Gasteiger partial charge in [0, 0.05) is 11.1 Å². The van der Waals surface area contributed by atoms with E-state index in [4.69, 9.17) is 18.9 Å². The van der Waals surface area contributed by atoms with Crippen LogP contribution in [0.15, 0.2) is 72.8 Å². The van der Waals surface area contributed by atoms with Crippen LogP contribution in [0.25, 0.3) is 22.3 Å². The predicted octanol–water partition coefficient (Wildman–Crippen LogP) is -1.11. The van der Waals surface area contributed by atoms with E-state index >= 15 is 0 Å². The van der Waals surface area contributed by atoms with Crippen LogP contribution in [-0.2, 0) is 32.0 Å². The number of benzene rings is 3. The molecule has 2 N–H and O–H groups in total. The molecule has 0 aromatic heterocycles. The molecule has 0 spiro atoms. The van der Waals surface area contributed by atoms with Crippen LogP contribution in [0.2, 0.25) is 0 Å². The van der Waals surface area contributed by atoms with Gasteiger partial charge in [-0.05, 0) is 22.3 Å². The number of quaternary nitrogens is 2. The fourth-order valence-corrected chi connectivity index (χ4v) is 5.28. The Labute approximate surface area is 255 Å². The summed E-state index contributed by atoms with van der Waals surface area (Å²) in [5.74, 6) is 0. The van der Waals surface area contributed by atoms with Gasteiger partial charge in [0.15, 0.2) is 0 Å². The Bertz CT molecular complexity index is 1000. The normalized spacial score (nSPS) is 21.8. The third-order valence-corrected chi connectivity index (χ3v) is 7.51. The van der Waals surface area contributed by atoms with Crippen molar-refractivity contribution >= 4 is 0 Å². The molecule has 202 valence electrons. The molecule has 0 atom stereocenters. The first-order chi connectivity index (χ1) is 18.8. The molecule has 7 heteroatoms.